The minimum atomic E-state index is 0. The first-order valence-corrected chi connectivity index (χ1v) is 10.6. The van der Waals surface area contributed by atoms with E-state index in [1.165, 1.54) is 18.4 Å². The molecule has 3 rings (SSSR count). The molecule has 0 aliphatic carbocycles. The molecule has 1 aromatic carbocycles. The normalized spacial score (nSPS) is 15.3. The van der Waals surface area contributed by atoms with E-state index in [0.717, 1.165) is 50.0 Å². The molecule has 1 saturated heterocycles. The van der Waals surface area contributed by atoms with Gasteiger partial charge in [-0.05, 0) is 51.1 Å². The van der Waals surface area contributed by atoms with Gasteiger partial charge in [0.25, 0.3) is 0 Å². The summed E-state index contributed by atoms with van der Waals surface area (Å²) in [6, 6.07) is 14.6. The van der Waals surface area contributed by atoms with Gasteiger partial charge < -0.3 is 15.4 Å². The Morgan fingerprint density at radius 3 is 2.60 bits per heavy atom. The van der Waals surface area contributed by atoms with Crippen molar-refractivity contribution in [1.82, 2.24) is 20.5 Å². The lowest BCUT2D eigenvalue weighted by Gasteiger charge is -2.28. The number of benzene rings is 1. The van der Waals surface area contributed by atoms with Crippen molar-refractivity contribution in [3.8, 4) is 5.75 Å². The molecule has 2 aromatic rings. The topological polar surface area (TPSA) is 61.8 Å². The zero-order valence-corrected chi connectivity index (χ0v) is 20.3. The Bertz CT molecular complexity index is 765. The summed E-state index contributed by atoms with van der Waals surface area (Å²) in [7, 11) is 1.74. The number of para-hydroxylation sites is 1. The minimum Gasteiger partial charge on any atom is -0.496 e. The van der Waals surface area contributed by atoms with E-state index in [0.29, 0.717) is 6.54 Å². The van der Waals surface area contributed by atoms with E-state index in [1.54, 1.807) is 7.11 Å². The number of aromatic nitrogens is 1. The lowest BCUT2D eigenvalue weighted by atomic mass is 10.0. The number of methoxy groups -OCH3 is 1. The van der Waals surface area contributed by atoms with Crippen molar-refractivity contribution in [2.75, 3.05) is 39.8 Å². The van der Waals surface area contributed by atoms with Crippen LogP contribution in [0.15, 0.2) is 53.7 Å². The SMILES string of the molecule is CCNC(=NCC(c1ccccc1OC)N1CCCC1)NCCc1ccccn1.I. The molecule has 1 atom stereocenters. The first-order chi connectivity index (χ1) is 14.3. The molecule has 30 heavy (non-hydrogen) atoms. The van der Waals surface area contributed by atoms with Crippen molar-refractivity contribution in [2.45, 2.75) is 32.2 Å². The molecule has 0 amide bonds. The molecule has 1 aliphatic rings. The van der Waals surface area contributed by atoms with Crippen LogP contribution in [0.5, 0.6) is 5.75 Å². The van der Waals surface area contributed by atoms with Gasteiger partial charge in [-0.25, -0.2) is 0 Å². The van der Waals surface area contributed by atoms with Gasteiger partial charge in [0.15, 0.2) is 5.96 Å². The van der Waals surface area contributed by atoms with Gasteiger partial charge in [-0.15, -0.1) is 24.0 Å². The third-order valence-electron chi connectivity index (χ3n) is 5.25. The molecule has 0 bridgehead atoms. The number of halogens is 1. The molecule has 1 aromatic heterocycles. The van der Waals surface area contributed by atoms with E-state index in [2.05, 4.69) is 45.6 Å². The lowest BCUT2D eigenvalue weighted by Crippen LogP contribution is -2.39. The number of pyridine rings is 1. The Hall–Kier alpha value is -1.87. The zero-order chi connectivity index (χ0) is 20.3. The van der Waals surface area contributed by atoms with E-state index >= 15 is 0 Å². The molecule has 1 aliphatic heterocycles. The van der Waals surface area contributed by atoms with Gasteiger partial charge >= 0.3 is 0 Å². The maximum atomic E-state index is 5.64. The van der Waals surface area contributed by atoms with Crippen LogP contribution in [0.4, 0.5) is 0 Å². The zero-order valence-electron chi connectivity index (χ0n) is 18.0. The molecule has 2 heterocycles. The molecule has 6 nitrogen and oxygen atoms in total. The highest BCUT2D eigenvalue weighted by atomic mass is 127. The Morgan fingerprint density at radius 2 is 1.90 bits per heavy atom. The number of nitrogens with zero attached hydrogens (tertiary/aromatic N) is 3. The summed E-state index contributed by atoms with van der Waals surface area (Å²) < 4.78 is 5.64. The Kier molecular flexibility index (Phi) is 10.9. The molecule has 0 radical (unpaired) electrons. The number of nitrogens with one attached hydrogen (secondary N) is 2. The summed E-state index contributed by atoms with van der Waals surface area (Å²) in [4.78, 5) is 11.8. The molecule has 0 saturated carbocycles. The van der Waals surface area contributed by atoms with Crippen LogP contribution in [-0.4, -0.2) is 55.7 Å². The van der Waals surface area contributed by atoms with Gasteiger partial charge in [-0.1, -0.05) is 24.3 Å². The summed E-state index contributed by atoms with van der Waals surface area (Å²) in [5.41, 5.74) is 2.30. The molecular formula is C23H34IN5O. The first kappa shape index (κ1) is 24.4. The van der Waals surface area contributed by atoms with Crippen molar-refractivity contribution in [1.29, 1.82) is 0 Å². The fraction of sp³-hybridized carbons (Fsp3) is 0.478. The average Bonchev–Trinajstić information content (AvgIpc) is 3.29. The number of hydrogen-bond donors (Lipinski definition) is 2. The maximum absolute atomic E-state index is 5.64. The highest BCUT2D eigenvalue weighted by molar-refractivity contribution is 14.0. The van der Waals surface area contributed by atoms with E-state index in [-0.39, 0.29) is 30.0 Å². The predicted octanol–water partition coefficient (Wildman–Crippen LogP) is 3.64. The fourth-order valence-corrected chi connectivity index (χ4v) is 3.78. The highest BCUT2D eigenvalue weighted by Gasteiger charge is 2.25. The summed E-state index contributed by atoms with van der Waals surface area (Å²) >= 11 is 0. The van der Waals surface area contributed by atoms with Gasteiger partial charge in [-0.3, -0.25) is 14.9 Å². The highest BCUT2D eigenvalue weighted by Crippen LogP contribution is 2.31. The molecule has 7 heteroatoms. The van der Waals surface area contributed by atoms with Crippen LogP contribution in [0.1, 0.15) is 37.1 Å². The third-order valence-corrected chi connectivity index (χ3v) is 5.25. The second kappa shape index (κ2) is 13.4. The van der Waals surface area contributed by atoms with E-state index < -0.39 is 0 Å². The largest absolute Gasteiger partial charge is 0.496 e. The van der Waals surface area contributed by atoms with Gasteiger partial charge in [0, 0.05) is 37.0 Å². The maximum Gasteiger partial charge on any atom is 0.191 e. The third kappa shape index (κ3) is 7.12. The molecule has 1 fully saturated rings. The second-order valence-electron chi connectivity index (χ2n) is 7.22. The van der Waals surface area contributed by atoms with Crippen LogP contribution in [-0.2, 0) is 6.42 Å². The number of rotatable bonds is 9. The minimum absolute atomic E-state index is 0. The number of hydrogen-bond acceptors (Lipinski definition) is 4. The van der Waals surface area contributed by atoms with Crippen molar-refractivity contribution >= 4 is 29.9 Å². The van der Waals surface area contributed by atoms with Gasteiger partial charge in [-0.2, -0.15) is 0 Å². The van der Waals surface area contributed by atoms with Gasteiger partial charge in [0.05, 0.1) is 19.7 Å². The standard InChI is InChI=1S/C23H33N5O.HI/c1-3-24-23(26-15-13-19-10-6-7-14-25-19)27-18-21(28-16-8-9-17-28)20-11-4-5-12-22(20)29-2;/h4-7,10-12,14,21H,3,8-9,13,15-18H2,1-2H3,(H2,24,26,27);1H. The lowest BCUT2D eigenvalue weighted by molar-refractivity contribution is 0.245. The Morgan fingerprint density at radius 1 is 1.13 bits per heavy atom. The first-order valence-electron chi connectivity index (χ1n) is 10.6. The molecule has 2 N–H and O–H groups in total. The van der Waals surface area contributed by atoms with Crippen LogP contribution in [0, 0.1) is 0 Å². The molecular weight excluding hydrogens is 489 g/mol. The van der Waals surface area contributed by atoms with Crippen molar-refractivity contribution < 1.29 is 4.74 Å². The van der Waals surface area contributed by atoms with Gasteiger partial charge in [0.1, 0.15) is 5.75 Å². The molecule has 1 unspecified atom stereocenters. The monoisotopic (exact) mass is 523 g/mol. The summed E-state index contributed by atoms with van der Waals surface area (Å²) in [6.45, 7) is 6.64. The Labute approximate surface area is 197 Å². The smallest absolute Gasteiger partial charge is 0.191 e. The van der Waals surface area contributed by atoms with Crippen LogP contribution < -0.4 is 15.4 Å². The quantitative estimate of drug-likeness (QED) is 0.299. The molecule has 0 spiro atoms. The van der Waals surface area contributed by atoms with Gasteiger partial charge in [0.2, 0.25) is 0 Å². The van der Waals surface area contributed by atoms with Crippen molar-refractivity contribution in [3.63, 3.8) is 0 Å². The summed E-state index contributed by atoms with van der Waals surface area (Å²) in [5, 5.41) is 6.81. The number of ether oxygens (including phenoxy) is 1. The van der Waals surface area contributed by atoms with E-state index in [1.807, 2.05) is 30.5 Å². The predicted molar refractivity (Wildman–Crippen MR) is 134 cm³/mol. The number of guanidine groups is 1. The van der Waals surface area contributed by atoms with Crippen LogP contribution >= 0.6 is 24.0 Å². The average molecular weight is 523 g/mol. The second-order valence-corrected chi connectivity index (χ2v) is 7.22. The summed E-state index contributed by atoms with van der Waals surface area (Å²) in [6.07, 6.45) is 5.20. The number of aliphatic imine (C=N–C) groups is 1. The van der Waals surface area contributed by atoms with Crippen LogP contribution in [0.3, 0.4) is 0 Å². The Balaban J connectivity index is 0.00000320. The fourth-order valence-electron chi connectivity index (χ4n) is 3.78. The van der Waals surface area contributed by atoms with E-state index in [4.69, 9.17) is 9.73 Å². The van der Waals surface area contributed by atoms with Crippen molar-refractivity contribution in [3.05, 3.63) is 59.9 Å². The summed E-state index contributed by atoms with van der Waals surface area (Å²) in [5.74, 6) is 1.79. The molecule has 164 valence electrons. The van der Waals surface area contributed by atoms with Crippen LogP contribution in [0.25, 0.3) is 0 Å². The van der Waals surface area contributed by atoms with E-state index in [9.17, 15) is 0 Å². The van der Waals surface area contributed by atoms with Crippen molar-refractivity contribution in [2.24, 2.45) is 4.99 Å². The van der Waals surface area contributed by atoms with Crippen LogP contribution in [0.2, 0.25) is 0 Å². The number of likely N-dealkylation sites (tertiary alicyclic amines) is 1.